The number of carbonyl (C=O) groups excluding carboxylic acids is 2. The van der Waals surface area contributed by atoms with Crippen LogP contribution in [0.25, 0.3) is 0 Å². The maximum atomic E-state index is 12.5. The van der Waals surface area contributed by atoms with E-state index in [4.69, 9.17) is 4.74 Å². The van der Waals surface area contributed by atoms with E-state index >= 15 is 0 Å². The lowest BCUT2D eigenvalue weighted by Gasteiger charge is -2.43. The van der Waals surface area contributed by atoms with E-state index in [1.54, 1.807) is 4.90 Å². The SMILES string of the molecule is CCC(=O)N1[C@H](C(=O)NCC(C)C)CO[C@]12CCC[C@H](C)C2. The Kier molecular flexibility index (Phi) is 5.48. The molecule has 1 spiro atoms. The Labute approximate surface area is 133 Å². The van der Waals surface area contributed by atoms with Crippen LogP contribution in [0.2, 0.25) is 0 Å². The fourth-order valence-electron chi connectivity index (χ4n) is 3.67. The highest BCUT2D eigenvalue weighted by Crippen LogP contribution is 2.42. The molecule has 0 unspecified atom stereocenters. The molecule has 1 N–H and O–H groups in total. The van der Waals surface area contributed by atoms with Gasteiger partial charge in [0.2, 0.25) is 11.8 Å². The molecule has 3 atom stereocenters. The van der Waals surface area contributed by atoms with Crippen molar-refractivity contribution in [1.82, 2.24) is 10.2 Å². The average Bonchev–Trinajstić information content (AvgIpc) is 2.82. The molecule has 1 saturated heterocycles. The number of hydrogen-bond donors (Lipinski definition) is 1. The lowest BCUT2D eigenvalue weighted by atomic mass is 9.83. The predicted octanol–water partition coefficient (Wildman–Crippen LogP) is 2.30. The normalized spacial score (nSPS) is 31.8. The van der Waals surface area contributed by atoms with E-state index in [1.165, 1.54) is 6.42 Å². The third-order valence-corrected chi connectivity index (χ3v) is 4.75. The maximum absolute atomic E-state index is 12.5. The lowest BCUT2D eigenvalue weighted by Crippen LogP contribution is -2.57. The molecule has 126 valence electrons. The van der Waals surface area contributed by atoms with Crippen molar-refractivity contribution in [1.29, 1.82) is 0 Å². The van der Waals surface area contributed by atoms with Gasteiger partial charge in [-0.3, -0.25) is 14.5 Å². The summed E-state index contributed by atoms with van der Waals surface area (Å²) >= 11 is 0. The minimum absolute atomic E-state index is 0.0243. The van der Waals surface area contributed by atoms with Crippen molar-refractivity contribution >= 4 is 11.8 Å². The Bertz CT molecular complexity index is 424. The molecule has 0 radical (unpaired) electrons. The summed E-state index contributed by atoms with van der Waals surface area (Å²) in [4.78, 5) is 26.8. The zero-order valence-corrected chi connectivity index (χ0v) is 14.4. The molecule has 1 heterocycles. The second kappa shape index (κ2) is 6.99. The van der Waals surface area contributed by atoms with Crippen molar-refractivity contribution in [2.24, 2.45) is 11.8 Å². The molecular weight excluding hydrogens is 280 g/mol. The van der Waals surface area contributed by atoms with Gasteiger partial charge in [-0.05, 0) is 31.1 Å². The molecular formula is C17H30N2O3. The molecule has 5 heteroatoms. The van der Waals surface area contributed by atoms with Gasteiger partial charge in [0.15, 0.2) is 0 Å². The summed E-state index contributed by atoms with van der Waals surface area (Å²) in [6.45, 7) is 9.12. The van der Waals surface area contributed by atoms with Crippen LogP contribution >= 0.6 is 0 Å². The second-order valence-corrected chi connectivity index (χ2v) is 7.23. The minimum Gasteiger partial charge on any atom is -0.354 e. The van der Waals surface area contributed by atoms with Crippen LogP contribution in [0.3, 0.4) is 0 Å². The number of carbonyl (C=O) groups is 2. The van der Waals surface area contributed by atoms with Crippen molar-refractivity contribution in [3.63, 3.8) is 0 Å². The predicted molar refractivity (Wildman–Crippen MR) is 85.1 cm³/mol. The van der Waals surface area contributed by atoms with Gasteiger partial charge >= 0.3 is 0 Å². The third kappa shape index (κ3) is 3.45. The summed E-state index contributed by atoms with van der Waals surface area (Å²) in [7, 11) is 0. The molecule has 0 bridgehead atoms. The van der Waals surface area contributed by atoms with Crippen LogP contribution in [0.15, 0.2) is 0 Å². The lowest BCUT2D eigenvalue weighted by molar-refractivity contribution is -0.162. The zero-order chi connectivity index (χ0) is 16.3. The van der Waals surface area contributed by atoms with Gasteiger partial charge in [0, 0.05) is 13.0 Å². The summed E-state index contributed by atoms with van der Waals surface area (Å²) < 4.78 is 6.07. The van der Waals surface area contributed by atoms with Crippen molar-refractivity contribution in [3.8, 4) is 0 Å². The Morgan fingerprint density at radius 2 is 2.14 bits per heavy atom. The van der Waals surface area contributed by atoms with Crippen LogP contribution in [0.1, 0.15) is 59.8 Å². The van der Waals surface area contributed by atoms with Gasteiger partial charge < -0.3 is 10.1 Å². The van der Waals surface area contributed by atoms with E-state index in [0.717, 1.165) is 19.3 Å². The fraction of sp³-hybridized carbons (Fsp3) is 0.882. The van der Waals surface area contributed by atoms with Crippen LogP contribution < -0.4 is 5.32 Å². The highest BCUT2D eigenvalue weighted by molar-refractivity contribution is 5.88. The van der Waals surface area contributed by atoms with E-state index in [1.807, 2.05) is 6.92 Å². The summed E-state index contributed by atoms with van der Waals surface area (Å²) in [5.74, 6) is 0.866. The number of amides is 2. The van der Waals surface area contributed by atoms with Crippen molar-refractivity contribution in [2.75, 3.05) is 13.2 Å². The topological polar surface area (TPSA) is 58.6 Å². The van der Waals surface area contributed by atoms with Gasteiger partial charge in [0.25, 0.3) is 0 Å². The van der Waals surface area contributed by atoms with Gasteiger partial charge in [-0.2, -0.15) is 0 Å². The quantitative estimate of drug-likeness (QED) is 0.867. The number of rotatable bonds is 4. The van der Waals surface area contributed by atoms with Crippen LogP contribution in [0.4, 0.5) is 0 Å². The number of nitrogens with one attached hydrogen (secondary N) is 1. The van der Waals surface area contributed by atoms with Gasteiger partial charge in [-0.15, -0.1) is 0 Å². The zero-order valence-electron chi connectivity index (χ0n) is 14.4. The van der Waals surface area contributed by atoms with Gasteiger partial charge in [0.1, 0.15) is 11.8 Å². The maximum Gasteiger partial charge on any atom is 0.245 e. The van der Waals surface area contributed by atoms with E-state index in [9.17, 15) is 9.59 Å². The molecule has 22 heavy (non-hydrogen) atoms. The van der Waals surface area contributed by atoms with Crippen molar-refractivity contribution < 1.29 is 14.3 Å². The van der Waals surface area contributed by atoms with E-state index in [-0.39, 0.29) is 11.8 Å². The average molecular weight is 310 g/mol. The first kappa shape index (κ1) is 17.3. The van der Waals surface area contributed by atoms with Crippen LogP contribution in [-0.4, -0.2) is 41.6 Å². The van der Waals surface area contributed by atoms with Crippen LogP contribution in [0.5, 0.6) is 0 Å². The van der Waals surface area contributed by atoms with Crippen LogP contribution in [0, 0.1) is 11.8 Å². The van der Waals surface area contributed by atoms with E-state index in [2.05, 4.69) is 26.1 Å². The number of hydrogen-bond acceptors (Lipinski definition) is 3. The third-order valence-electron chi connectivity index (χ3n) is 4.75. The second-order valence-electron chi connectivity index (χ2n) is 7.23. The summed E-state index contributed by atoms with van der Waals surface area (Å²) in [6.07, 6.45) is 4.32. The number of ether oxygens (including phenoxy) is 1. The molecule has 2 aliphatic rings. The summed E-state index contributed by atoms with van der Waals surface area (Å²) in [6, 6.07) is -0.475. The molecule has 0 aromatic carbocycles. The highest BCUT2D eigenvalue weighted by Gasteiger charge is 2.53. The highest BCUT2D eigenvalue weighted by atomic mass is 16.5. The molecule has 5 nitrogen and oxygen atoms in total. The Hall–Kier alpha value is -1.10. The van der Waals surface area contributed by atoms with Gasteiger partial charge in [0.05, 0.1) is 6.61 Å². The Balaban J connectivity index is 2.17. The molecule has 0 aromatic rings. The molecule has 0 aromatic heterocycles. The first-order valence-corrected chi connectivity index (χ1v) is 8.63. The molecule has 1 aliphatic heterocycles. The van der Waals surface area contributed by atoms with Crippen molar-refractivity contribution in [3.05, 3.63) is 0 Å². The monoisotopic (exact) mass is 310 g/mol. The molecule has 2 amide bonds. The minimum atomic E-state index is -0.551. The molecule has 2 fully saturated rings. The largest absolute Gasteiger partial charge is 0.354 e. The van der Waals surface area contributed by atoms with Gasteiger partial charge in [-0.25, -0.2) is 0 Å². The standard InChI is InChI=1S/C17H30N2O3/c1-5-15(20)19-14(16(21)18-10-12(2)3)11-22-17(19)8-6-7-13(4)9-17/h12-14H,5-11H2,1-4H3,(H,18,21)/t13-,14-,17-/m0/s1. The molecule has 1 saturated carbocycles. The Morgan fingerprint density at radius 3 is 2.73 bits per heavy atom. The fourth-order valence-corrected chi connectivity index (χ4v) is 3.67. The van der Waals surface area contributed by atoms with Crippen LogP contribution in [-0.2, 0) is 14.3 Å². The summed E-state index contributed by atoms with van der Waals surface area (Å²) in [5.41, 5.74) is -0.551. The van der Waals surface area contributed by atoms with Gasteiger partial charge in [-0.1, -0.05) is 34.1 Å². The van der Waals surface area contributed by atoms with E-state index in [0.29, 0.717) is 31.4 Å². The van der Waals surface area contributed by atoms with Crippen molar-refractivity contribution in [2.45, 2.75) is 71.6 Å². The first-order chi connectivity index (χ1) is 10.4. The van der Waals surface area contributed by atoms with E-state index < -0.39 is 11.8 Å². The molecule has 2 rings (SSSR count). The Morgan fingerprint density at radius 1 is 1.41 bits per heavy atom. The smallest absolute Gasteiger partial charge is 0.245 e. The summed E-state index contributed by atoms with van der Waals surface area (Å²) in [5, 5.41) is 2.95. The molecule has 1 aliphatic carbocycles. The number of nitrogens with zero attached hydrogens (tertiary/aromatic N) is 1. The first-order valence-electron chi connectivity index (χ1n) is 8.63.